The third-order valence-corrected chi connectivity index (χ3v) is 3.78. The van der Waals surface area contributed by atoms with Gasteiger partial charge in [0, 0.05) is 23.9 Å². The molecule has 26 heavy (non-hydrogen) atoms. The molecule has 0 saturated heterocycles. The summed E-state index contributed by atoms with van der Waals surface area (Å²) < 4.78 is 37.0. The van der Waals surface area contributed by atoms with Crippen LogP contribution in [0.1, 0.15) is 33.2 Å². The molecule has 9 heteroatoms. The highest BCUT2D eigenvalue weighted by Crippen LogP contribution is 2.22. The Bertz CT molecular complexity index is 896. The first-order chi connectivity index (χ1) is 12.5. The zero-order valence-electron chi connectivity index (χ0n) is 14.1. The smallest absolute Gasteiger partial charge is 0.273 e. The van der Waals surface area contributed by atoms with Crippen LogP contribution in [-0.2, 0) is 13.2 Å². The number of nitrogens with one attached hydrogen (secondary N) is 2. The predicted octanol–water partition coefficient (Wildman–Crippen LogP) is 2.80. The van der Waals surface area contributed by atoms with Gasteiger partial charge in [-0.25, -0.2) is 8.78 Å². The molecule has 136 valence electrons. The summed E-state index contributed by atoms with van der Waals surface area (Å²) in [6.07, 6.45) is 0. The van der Waals surface area contributed by atoms with Crippen LogP contribution in [-0.4, -0.2) is 21.3 Å². The minimum atomic E-state index is -0.826. The average molecular weight is 362 g/mol. The van der Waals surface area contributed by atoms with E-state index in [1.54, 1.807) is 0 Å². The van der Waals surface area contributed by atoms with E-state index in [1.807, 2.05) is 13.8 Å². The number of benzene rings is 1. The maximum Gasteiger partial charge on any atom is 0.273 e. The van der Waals surface area contributed by atoms with Crippen molar-refractivity contribution in [1.82, 2.24) is 20.7 Å². The van der Waals surface area contributed by atoms with Crippen molar-refractivity contribution in [2.45, 2.75) is 27.0 Å². The number of halogens is 2. The summed E-state index contributed by atoms with van der Waals surface area (Å²) in [5.41, 5.74) is 2.59. The molecule has 0 saturated carbocycles. The summed E-state index contributed by atoms with van der Waals surface area (Å²) in [4.78, 5) is 12.1. The van der Waals surface area contributed by atoms with E-state index in [4.69, 9.17) is 9.26 Å². The lowest BCUT2D eigenvalue weighted by Gasteiger charge is -2.05. The second-order valence-corrected chi connectivity index (χ2v) is 5.61. The van der Waals surface area contributed by atoms with Gasteiger partial charge in [-0.3, -0.25) is 9.89 Å². The third kappa shape index (κ3) is 3.71. The van der Waals surface area contributed by atoms with E-state index in [-0.39, 0.29) is 24.6 Å². The number of carbonyl (C=O) groups is 1. The van der Waals surface area contributed by atoms with Crippen LogP contribution in [0.5, 0.6) is 5.75 Å². The Balaban J connectivity index is 1.60. The van der Waals surface area contributed by atoms with Crippen molar-refractivity contribution in [2.75, 3.05) is 0 Å². The standard InChI is InChI=1S/C17H16F2N4O3/c1-9-12(10(2)22-21-9)7-20-17(24)15-6-11(26-23-15)8-25-16-13(18)4-3-5-14(16)19/h3-6H,7-8H2,1-2H3,(H,20,24)(H,21,22). The van der Waals surface area contributed by atoms with Gasteiger partial charge in [-0.15, -0.1) is 0 Å². The summed E-state index contributed by atoms with van der Waals surface area (Å²) >= 11 is 0. The van der Waals surface area contributed by atoms with Crippen LogP contribution in [0.3, 0.4) is 0 Å². The topological polar surface area (TPSA) is 93.0 Å². The Morgan fingerprint density at radius 2 is 2.04 bits per heavy atom. The van der Waals surface area contributed by atoms with Crippen molar-refractivity contribution in [3.63, 3.8) is 0 Å². The quantitative estimate of drug-likeness (QED) is 0.703. The first-order valence-corrected chi connectivity index (χ1v) is 7.76. The maximum absolute atomic E-state index is 13.5. The number of H-pyrrole nitrogens is 1. The van der Waals surface area contributed by atoms with Gasteiger partial charge in [-0.2, -0.15) is 5.10 Å². The highest BCUT2D eigenvalue weighted by Gasteiger charge is 2.16. The van der Waals surface area contributed by atoms with Crippen LogP contribution in [0.2, 0.25) is 0 Å². The number of aromatic amines is 1. The molecule has 0 unspecified atom stereocenters. The number of hydrogen-bond donors (Lipinski definition) is 2. The van der Waals surface area contributed by atoms with Crippen LogP contribution in [0, 0.1) is 25.5 Å². The zero-order chi connectivity index (χ0) is 18.7. The Hall–Kier alpha value is -3.23. The second-order valence-electron chi connectivity index (χ2n) is 5.61. The summed E-state index contributed by atoms with van der Waals surface area (Å²) in [7, 11) is 0. The van der Waals surface area contributed by atoms with Gasteiger partial charge in [0.05, 0.1) is 5.69 Å². The molecule has 2 N–H and O–H groups in total. The molecular formula is C17H16F2N4O3. The first-order valence-electron chi connectivity index (χ1n) is 7.76. The highest BCUT2D eigenvalue weighted by atomic mass is 19.1. The number of amides is 1. The van der Waals surface area contributed by atoms with Gasteiger partial charge in [-0.1, -0.05) is 11.2 Å². The largest absolute Gasteiger partial charge is 0.479 e. The lowest BCUT2D eigenvalue weighted by molar-refractivity contribution is 0.0941. The van der Waals surface area contributed by atoms with E-state index in [9.17, 15) is 13.6 Å². The van der Waals surface area contributed by atoms with Gasteiger partial charge in [0.25, 0.3) is 5.91 Å². The summed E-state index contributed by atoms with van der Waals surface area (Å²) in [5.74, 6) is -2.45. The van der Waals surface area contributed by atoms with Gasteiger partial charge >= 0.3 is 0 Å². The van der Waals surface area contributed by atoms with Crippen LogP contribution < -0.4 is 10.1 Å². The lowest BCUT2D eigenvalue weighted by Crippen LogP contribution is -2.23. The minimum Gasteiger partial charge on any atom is -0.479 e. The number of aromatic nitrogens is 3. The van der Waals surface area contributed by atoms with Gasteiger partial charge < -0.3 is 14.6 Å². The van der Waals surface area contributed by atoms with Crippen LogP contribution in [0.4, 0.5) is 8.78 Å². The molecule has 0 aliphatic carbocycles. The first kappa shape index (κ1) is 17.6. The number of hydrogen-bond acceptors (Lipinski definition) is 5. The number of rotatable bonds is 6. The summed E-state index contributed by atoms with van der Waals surface area (Å²) in [6, 6.07) is 4.75. The molecule has 0 atom stereocenters. The van der Waals surface area contributed by atoms with Crippen LogP contribution in [0.15, 0.2) is 28.8 Å². The molecular weight excluding hydrogens is 346 g/mol. The number of nitrogens with zero attached hydrogens (tertiary/aromatic N) is 2. The molecule has 3 rings (SSSR count). The highest BCUT2D eigenvalue weighted by molar-refractivity contribution is 5.92. The van der Waals surface area contributed by atoms with E-state index in [0.717, 1.165) is 29.1 Å². The van der Waals surface area contributed by atoms with Crippen molar-refractivity contribution in [2.24, 2.45) is 0 Å². The minimum absolute atomic E-state index is 0.0383. The van der Waals surface area contributed by atoms with Crippen LogP contribution >= 0.6 is 0 Å². The molecule has 0 aliphatic rings. The second kappa shape index (κ2) is 7.34. The van der Waals surface area contributed by atoms with Gasteiger partial charge in [-0.05, 0) is 26.0 Å². The van der Waals surface area contributed by atoms with Crippen molar-refractivity contribution in [3.05, 3.63) is 64.3 Å². The fraction of sp³-hybridized carbons (Fsp3) is 0.235. The molecule has 1 amide bonds. The third-order valence-electron chi connectivity index (χ3n) is 3.78. The van der Waals surface area contributed by atoms with Crippen molar-refractivity contribution in [1.29, 1.82) is 0 Å². The predicted molar refractivity (Wildman–Crippen MR) is 86.4 cm³/mol. The Kier molecular flexibility index (Phi) is 4.97. The van der Waals surface area contributed by atoms with Crippen molar-refractivity contribution in [3.8, 4) is 5.75 Å². The Morgan fingerprint density at radius 1 is 1.31 bits per heavy atom. The lowest BCUT2D eigenvalue weighted by atomic mass is 10.2. The fourth-order valence-corrected chi connectivity index (χ4v) is 2.35. The molecule has 0 bridgehead atoms. The monoisotopic (exact) mass is 362 g/mol. The molecule has 2 aromatic heterocycles. The van der Waals surface area contributed by atoms with Crippen molar-refractivity contribution < 1.29 is 22.8 Å². The van der Waals surface area contributed by atoms with Crippen LogP contribution in [0.25, 0.3) is 0 Å². The summed E-state index contributed by atoms with van der Waals surface area (Å²) in [5, 5.41) is 13.2. The van der Waals surface area contributed by atoms with Gasteiger partial charge in [0.15, 0.2) is 28.8 Å². The van der Waals surface area contributed by atoms with Gasteiger partial charge in [0.1, 0.15) is 6.61 Å². The number of ether oxygens (including phenoxy) is 1. The number of para-hydroxylation sites is 1. The number of aryl methyl sites for hydroxylation is 2. The molecule has 1 aromatic carbocycles. The maximum atomic E-state index is 13.5. The molecule has 0 aliphatic heterocycles. The zero-order valence-corrected chi connectivity index (χ0v) is 14.1. The molecule has 0 fully saturated rings. The van der Waals surface area contributed by atoms with E-state index in [1.165, 1.54) is 12.1 Å². The normalized spacial score (nSPS) is 10.8. The molecule has 3 aromatic rings. The van der Waals surface area contributed by atoms with E-state index < -0.39 is 23.3 Å². The van der Waals surface area contributed by atoms with E-state index in [0.29, 0.717) is 0 Å². The van der Waals surface area contributed by atoms with Gasteiger partial charge in [0.2, 0.25) is 0 Å². The molecule has 0 spiro atoms. The number of carbonyl (C=O) groups excluding carboxylic acids is 1. The molecule has 0 radical (unpaired) electrons. The SMILES string of the molecule is Cc1n[nH]c(C)c1CNC(=O)c1cc(COc2c(F)cccc2F)on1. The van der Waals surface area contributed by atoms with E-state index in [2.05, 4.69) is 20.7 Å². The fourth-order valence-electron chi connectivity index (χ4n) is 2.35. The van der Waals surface area contributed by atoms with E-state index >= 15 is 0 Å². The Morgan fingerprint density at radius 3 is 2.69 bits per heavy atom. The average Bonchev–Trinajstić information content (AvgIpc) is 3.20. The Labute approximate surface area is 147 Å². The summed E-state index contributed by atoms with van der Waals surface area (Å²) in [6.45, 7) is 3.71. The van der Waals surface area contributed by atoms with Crippen molar-refractivity contribution >= 4 is 5.91 Å². The molecule has 2 heterocycles. The molecule has 7 nitrogen and oxygen atoms in total.